The quantitative estimate of drug-likeness (QED) is 0.372. The fourth-order valence-corrected chi connectivity index (χ4v) is 3.10. The van der Waals surface area contributed by atoms with Gasteiger partial charge in [0, 0.05) is 49.3 Å². The Bertz CT molecular complexity index is 1150. The second kappa shape index (κ2) is 8.20. The highest BCUT2D eigenvalue weighted by molar-refractivity contribution is 5.99. The molecule has 3 aromatic heterocycles. The number of fused-ring (bicyclic) bond motifs is 1. The molecule has 0 radical (unpaired) electrons. The molecule has 4 rings (SSSR count). The van der Waals surface area contributed by atoms with E-state index in [-0.39, 0.29) is 6.61 Å². The summed E-state index contributed by atoms with van der Waals surface area (Å²) in [6, 6.07) is 9.94. The van der Waals surface area contributed by atoms with Gasteiger partial charge in [-0.05, 0) is 17.2 Å². The van der Waals surface area contributed by atoms with Gasteiger partial charge in [0.15, 0.2) is 0 Å². The average molecular weight is 388 g/mol. The molecule has 7 heteroatoms. The first-order chi connectivity index (χ1) is 14.2. The Kier molecular flexibility index (Phi) is 5.31. The third-order valence-electron chi connectivity index (χ3n) is 4.60. The fourth-order valence-electron chi connectivity index (χ4n) is 3.10. The summed E-state index contributed by atoms with van der Waals surface area (Å²) in [5, 5.41) is 5.06. The molecule has 1 aromatic carbocycles. The molecule has 0 aliphatic carbocycles. The molecule has 146 valence electrons. The molecule has 0 saturated heterocycles. The number of ether oxygens (including phenoxy) is 2. The summed E-state index contributed by atoms with van der Waals surface area (Å²) in [5.41, 5.74) is 5.13. The number of carbonyl (C=O) groups excluding carboxylic acids is 1. The molecule has 0 bridgehead atoms. The van der Waals surface area contributed by atoms with Crippen LogP contribution in [0.2, 0.25) is 0 Å². The minimum Gasteiger partial charge on any atom is -0.460 e. The van der Waals surface area contributed by atoms with Gasteiger partial charge in [0.25, 0.3) is 0 Å². The van der Waals surface area contributed by atoms with Crippen molar-refractivity contribution in [2.24, 2.45) is 7.05 Å². The number of esters is 1. The van der Waals surface area contributed by atoms with Crippen LogP contribution in [0, 0.1) is 0 Å². The highest BCUT2D eigenvalue weighted by Crippen LogP contribution is 2.29. The van der Waals surface area contributed by atoms with E-state index in [4.69, 9.17) is 9.47 Å². The first-order valence-electron chi connectivity index (χ1n) is 9.15. The highest BCUT2D eigenvalue weighted by atomic mass is 16.6. The summed E-state index contributed by atoms with van der Waals surface area (Å²) in [6.45, 7) is 0.553. The van der Waals surface area contributed by atoms with E-state index >= 15 is 0 Å². The number of methoxy groups -OCH3 is 1. The summed E-state index contributed by atoms with van der Waals surface area (Å²) >= 11 is 0. The Labute approximate surface area is 167 Å². The van der Waals surface area contributed by atoms with Crippen molar-refractivity contribution in [2.75, 3.05) is 20.3 Å². The van der Waals surface area contributed by atoms with Crippen molar-refractivity contribution in [3.05, 3.63) is 66.9 Å². The van der Waals surface area contributed by atoms with Gasteiger partial charge in [0.1, 0.15) is 6.61 Å². The van der Waals surface area contributed by atoms with Crippen molar-refractivity contribution in [3.63, 3.8) is 0 Å². The average Bonchev–Trinajstić information content (AvgIpc) is 3.19. The van der Waals surface area contributed by atoms with Crippen molar-refractivity contribution in [2.45, 2.75) is 0 Å². The normalized spacial score (nSPS) is 11.0. The number of pyridine rings is 2. The van der Waals surface area contributed by atoms with Crippen LogP contribution in [0.25, 0.3) is 33.2 Å². The van der Waals surface area contributed by atoms with E-state index in [0.29, 0.717) is 17.7 Å². The minimum absolute atomic E-state index is 0.201. The van der Waals surface area contributed by atoms with E-state index in [9.17, 15) is 4.79 Å². The van der Waals surface area contributed by atoms with Crippen LogP contribution in [0.3, 0.4) is 0 Å². The summed E-state index contributed by atoms with van der Waals surface area (Å²) in [6.07, 6.45) is 8.78. The van der Waals surface area contributed by atoms with Crippen molar-refractivity contribution in [3.8, 4) is 22.3 Å². The Morgan fingerprint density at radius 3 is 2.52 bits per heavy atom. The van der Waals surface area contributed by atoms with Crippen molar-refractivity contribution in [1.29, 1.82) is 0 Å². The van der Waals surface area contributed by atoms with E-state index in [0.717, 1.165) is 27.6 Å². The monoisotopic (exact) mass is 388 g/mol. The SMILES string of the molecule is COCCOC(=O)c1cnc2cncc(-c3ccc(-c4cnn(C)c4)cc3)c2c1. The van der Waals surface area contributed by atoms with Gasteiger partial charge in [-0.25, -0.2) is 4.79 Å². The molecule has 29 heavy (non-hydrogen) atoms. The van der Waals surface area contributed by atoms with E-state index in [1.54, 1.807) is 30.3 Å². The van der Waals surface area contributed by atoms with E-state index in [1.165, 1.54) is 6.20 Å². The lowest BCUT2D eigenvalue weighted by atomic mass is 9.99. The molecule has 0 unspecified atom stereocenters. The number of benzene rings is 1. The summed E-state index contributed by atoms with van der Waals surface area (Å²) in [4.78, 5) is 21.0. The Morgan fingerprint density at radius 2 is 1.79 bits per heavy atom. The Hall–Kier alpha value is -3.58. The fraction of sp³-hybridized carbons (Fsp3) is 0.182. The lowest BCUT2D eigenvalue weighted by Gasteiger charge is -2.09. The van der Waals surface area contributed by atoms with Crippen molar-refractivity contribution >= 4 is 16.9 Å². The number of rotatable bonds is 6. The number of hydrogen-bond donors (Lipinski definition) is 0. The lowest BCUT2D eigenvalue weighted by molar-refractivity contribution is 0.0388. The second-order valence-electron chi connectivity index (χ2n) is 6.59. The Morgan fingerprint density at radius 1 is 1.00 bits per heavy atom. The molecule has 0 aliphatic heterocycles. The zero-order valence-corrected chi connectivity index (χ0v) is 16.2. The van der Waals surface area contributed by atoms with Gasteiger partial charge in [-0.2, -0.15) is 5.10 Å². The molecule has 4 aromatic rings. The third kappa shape index (κ3) is 4.00. The van der Waals surface area contributed by atoms with E-state index in [1.807, 2.05) is 43.7 Å². The lowest BCUT2D eigenvalue weighted by Crippen LogP contribution is -2.10. The van der Waals surface area contributed by atoms with Crippen molar-refractivity contribution < 1.29 is 14.3 Å². The highest BCUT2D eigenvalue weighted by Gasteiger charge is 2.12. The number of hydrogen-bond acceptors (Lipinski definition) is 6. The molecule has 0 amide bonds. The number of nitrogens with zero attached hydrogens (tertiary/aromatic N) is 4. The predicted octanol–water partition coefficient (Wildman–Crippen LogP) is 3.50. The van der Waals surface area contributed by atoms with Crippen molar-refractivity contribution in [1.82, 2.24) is 19.7 Å². The van der Waals surface area contributed by atoms with Gasteiger partial charge >= 0.3 is 5.97 Å². The van der Waals surface area contributed by atoms with Crippen LogP contribution >= 0.6 is 0 Å². The topological polar surface area (TPSA) is 79.1 Å². The molecule has 7 nitrogen and oxygen atoms in total. The van der Waals surface area contributed by atoms with Crippen LogP contribution in [0.5, 0.6) is 0 Å². The van der Waals surface area contributed by atoms with Crippen LogP contribution < -0.4 is 0 Å². The molecule has 0 atom stereocenters. The maximum absolute atomic E-state index is 12.3. The Balaban J connectivity index is 1.68. The summed E-state index contributed by atoms with van der Waals surface area (Å²) < 4.78 is 11.9. The molecular weight excluding hydrogens is 368 g/mol. The van der Waals surface area contributed by atoms with Crippen LogP contribution in [0.15, 0.2) is 61.3 Å². The maximum atomic E-state index is 12.3. The predicted molar refractivity (Wildman–Crippen MR) is 109 cm³/mol. The molecule has 0 aliphatic rings. The number of carbonyl (C=O) groups is 1. The molecule has 0 spiro atoms. The van der Waals surface area contributed by atoms with Crippen LogP contribution in [-0.2, 0) is 16.5 Å². The molecule has 0 N–H and O–H groups in total. The first-order valence-corrected chi connectivity index (χ1v) is 9.15. The number of aromatic nitrogens is 4. The standard InChI is InChI=1S/C22H20N4O3/c1-26-14-18(11-25-26)15-3-5-16(6-4-15)20-12-23-13-21-19(20)9-17(10-24-21)22(27)29-8-7-28-2/h3-6,9-14H,7-8H2,1-2H3. The van der Waals surface area contributed by atoms with E-state index in [2.05, 4.69) is 15.1 Å². The first kappa shape index (κ1) is 18.8. The molecular formula is C22H20N4O3. The van der Waals surface area contributed by atoms with Crippen LogP contribution in [0.4, 0.5) is 0 Å². The largest absolute Gasteiger partial charge is 0.460 e. The zero-order chi connectivity index (χ0) is 20.2. The van der Waals surface area contributed by atoms with Gasteiger partial charge in [-0.15, -0.1) is 0 Å². The molecule has 3 heterocycles. The summed E-state index contributed by atoms with van der Waals surface area (Å²) in [7, 11) is 3.45. The van der Waals surface area contributed by atoms with E-state index < -0.39 is 5.97 Å². The molecule has 0 saturated carbocycles. The second-order valence-corrected chi connectivity index (χ2v) is 6.59. The molecule has 0 fully saturated rings. The van der Waals surface area contributed by atoms with Gasteiger partial charge < -0.3 is 9.47 Å². The zero-order valence-electron chi connectivity index (χ0n) is 16.2. The minimum atomic E-state index is -0.425. The van der Waals surface area contributed by atoms with Crippen LogP contribution in [0.1, 0.15) is 10.4 Å². The number of aryl methyl sites for hydroxylation is 1. The van der Waals surface area contributed by atoms with Gasteiger partial charge in [-0.3, -0.25) is 14.6 Å². The van der Waals surface area contributed by atoms with Crippen LogP contribution in [-0.4, -0.2) is 46.0 Å². The third-order valence-corrected chi connectivity index (χ3v) is 4.60. The smallest absolute Gasteiger partial charge is 0.339 e. The van der Waals surface area contributed by atoms with Gasteiger partial charge in [0.05, 0.1) is 30.1 Å². The maximum Gasteiger partial charge on any atom is 0.339 e. The summed E-state index contributed by atoms with van der Waals surface area (Å²) in [5.74, 6) is -0.425. The van der Waals surface area contributed by atoms with Gasteiger partial charge in [0.2, 0.25) is 0 Å². The van der Waals surface area contributed by atoms with Gasteiger partial charge in [-0.1, -0.05) is 24.3 Å².